The third kappa shape index (κ3) is 2.56. The standard InChI is InChI=1S/C24H19NO3/c26-20(16-6-2-1-3-7-16)12-9-15-5-4-8-19(13-15)25-23(27)21-17-10-11-18(14-17)22(21)24(25)28/h1-13,17-18,21-22H,14H2/b12-9+. The van der Waals surface area contributed by atoms with Gasteiger partial charge in [-0.3, -0.25) is 14.4 Å². The average molecular weight is 369 g/mol. The lowest BCUT2D eigenvalue weighted by molar-refractivity contribution is -0.123. The highest BCUT2D eigenvalue weighted by molar-refractivity contribution is 6.23. The van der Waals surface area contributed by atoms with E-state index in [-0.39, 0.29) is 41.3 Å². The van der Waals surface area contributed by atoms with Crippen LogP contribution in [0.2, 0.25) is 0 Å². The van der Waals surface area contributed by atoms with Crippen LogP contribution in [-0.4, -0.2) is 17.6 Å². The van der Waals surface area contributed by atoms with Gasteiger partial charge in [0.1, 0.15) is 0 Å². The van der Waals surface area contributed by atoms with Gasteiger partial charge in [-0.05, 0) is 42.0 Å². The van der Waals surface area contributed by atoms with Crippen LogP contribution in [0.1, 0.15) is 22.3 Å². The lowest BCUT2D eigenvalue weighted by Gasteiger charge is -2.17. The molecule has 2 fully saturated rings. The van der Waals surface area contributed by atoms with E-state index in [1.54, 1.807) is 30.3 Å². The predicted octanol–water partition coefficient (Wildman–Crippen LogP) is 3.89. The van der Waals surface area contributed by atoms with Gasteiger partial charge in [0.05, 0.1) is 17.5 Å². The maximum atomic E-state index is 12.9. The number of ketones is 1. The lowest BCUT2D eigenvalue weighted by atomic mass is 9.85. The molecule has 2 amide bonds. The minimum absolute atomic E-state index is 0.0866. The van der Waals surface area contributed by atoms with Crippen molar-refractivity contribution in [2.45, 2.75) is 6.42 Å². The van der Waals surface area contributed by atoms with Crippen molar-refractivity contribution in [3.05, 3.63) is 84.0 Å². The van der Waals surface area contributed by atoms with Gasteiger partial charge in [-0.25, -0.2) is 4.90 Å². The first kappa shape index (κ1) is 16.9. The van der Waals surface area contributed by atoms with Crippen molar-refractivity contribution in [2.75, 3.05) is 4.90 Å². The van der Waals surface area contributed by atoms with Gasteiger partial charge in [-0.15, -0.1) is 0 Å². The molecular formula is C24H19NO3. The van der Waals surface area contributed by atoms with Gasteiger partial charge in [0.2, 0.25) is 11.8 Å². The number of anilines is 1. The monoisotopic (exact) mass is 369 g/mol. The number of amides is 2. The van der Waals surface area contributed by atoms with Gasteiger partial charge in [0.25, 0.3) is 0 Å². The Kier molecular flexibility index (Phi) is 3.86. The van der Waals surface area contributed by atoms with Crippen molar-refractivity contribution in [2.24, 2.45) is 23.7 Å². The number of rotatable bonds is 4. The third-order valence-electron chi connectivity index (χ3n) is 6.08. The van der Waals surface area contributed by atoms with Crippen LogP contribution in [0, 0.1) is 23.7 Å². The molecule has 4 unspecified atom stereocenters. The van der Waals surface area contributed by atoms with E-state index < -0.39 is 0 Å². The summed E-state index contributed by atoms with van der Waals surface area (Å²) in [5.41, 5.74) is 1.98. The molecule has 2 aromatic rings. The molecule has 4 heteroatoms. The van der Waals surface area contributed by atoms with Crippen LogP contribution in [0.15, 0.2) is 72.8 Å². The smallest absolute Gasteiger partial charge is 0.238 e. The molecule has 1 saturated carbocycles. The number of imide groups is 1. The summed E-state index contributed by atoms with van der Waals surface area (Å²) in [7, 11) is 0. The number of allylic oxidation sites excluding steroid dienone is 3. The number of carbonyl (C=O) groups is 3. The fraction of sp³-hybridized carbons (Fsp3) is 0.208. The first-order chi connectivity index (χ1) is 13.6. The highest BCUT2D eigenvalue weighted by Crippen LogP contribution is 2.53. The van der Waals surface area contributed by atoms with E-state index in [1.165, 1.54) is 11.0 Å². The maximum Gasteiger partial charge on any atom is 0.238 e. The van der Waals surface area contributed by atoms with E-state index in [9.17, 15) is 14.4 Å². The Morgan fingerprint density at radius 2 is 1.57 bits per heavy atom. The number of hydrogen-bond acceptors (Lipinski definition) is 3. The zero-order chi connectivity index (χ0) is 19.3. The summed E-state index contributed by atoms with van der Waals surface area (Å²) in [5.74, 6) is -0.285. The number of nitrogens with zero attached hydrogens (tertiary/aromatic N) is 1. The van der Waals surface area contributed by atoms with Crippen molar-refractivity contribution in [1.29, 1.82) is 0 Å². The largest absolute Gasteiger partial charge is 0.289 e. The van der Waals surface area contributed by atoms with E-state index in [4.69, 9.17) is 0 Å². The number of fused-ring (bicyclic) bond motifs is 5. The molecule has 1 heterocycles. The molecule has 0 radical (unpaired) electrons. The molecule has 1 saturated heterocycles. The summed E-state index contributed by atoms with van der Waals surface area (Å²) >= 11 is 0. The minimum atomic E-state index is -0.207. The quantitative estimate of drug-likeness (QED) is 0.356. The second-order valence-corrected chi connectivity index (χ2v) is 7.67. The molecule has 0 spiro atoms. The predicted molar refractivity (Wildman–Crippen MR) is 106 cm³/mol. The number of benzene rings is 2. The molecule has 1 aliphatic heterocycles. The van der Waals surface area contributed by atoms with Gasteiger partial charge in [0.15, 0.2) is 5.78 Å². The Hall–Kier alpha value is -3.27. The highest BCUT2D eigenvalue weighted by Gasteiger charge is 2.59. The normalized spacial score (nSPS) is 27.8. The summed E-state index contributed by atoms with van der Waals surface area (Å²) in [4.78, 5) is 39.5. The van der Waals surface area contributed by atoms with Crippen molar-refractivity contribution >= 4 is 29.4 Å². The van der Waals surface area contributed by atoms with E-state index in [1.807, 2.05) is 30.3 Å². The minimum Gasteiger partial charge on any atom is -0.289 e. The fourth-order valence-corrected chi connectivity index (χ4v) is 4.79. The molecule has 28 heavy (non-hydrogen) atoms. The van der Waals surface area contributed by atoms with Crippen LogP contribution in [-0.2, 0) is 9.59 Å². The molecule has 0 aromatic heterocycles. The summed E-state index contributed by atoms with van der Waals surface area (Å²) in [6.45, 7) is 0. The van der Waals surface area contributed by atoms with E-state index >= 15 is 0 Å². The summed E-state index contributed by atoms with van der Waals surface area (Å²) < 4.78 is 0. The van der Waals surface area contributed by atoms with Crippen LogP contribution >= 0.6 is 0 Å². The van der Waals surface area contributed by atoms with Crippen molar-refractivity contribution < 1.29 is 14.4 Å². The van der Waals surface area contributed by atoms with Crippen molar-refractivity contribution in [3.8, 4) is 0 Å². The number of hydrogen-bond donors (Lipinski definition) is 0. The van der Waals surface area contributed by atoms with E-state index in [2.05, 4.69) is 12.2 Å². The summed E-state index contributed by atoms with van der Waals surface area (Å²) in [6, 6.07) is 16.3. The van der Waals surface area contributed by atoms with Gasteiger partial charge in [0, 0.05) is 5.56 Å². The molecule has 2 aliphatic carbocycles. The molecule has 5 rings (SSSR count). The molecule has 3 aliphatic rings. The third-order valence-corrected chi connectivity index (χ3v) is 6.08. The Labute approximate surface area is 163 Å². The van der Waals surface area contributed by atoms with Gasteiger partial charge < -0.3 is 0 Å². The topological polar surface area (TPSA) is 54.5 Å². The second-order valence-electron chi connectivity index (χ2n) is 7.67. The molecule has 138 valence electrons. The number of carbonyl (C=O) groups excluding carboxylic acids is 3. The Balaban J connectivity index is 1.39. The Morgan fingerprint density at radius 1 is 0.893 bits per heavy atom. The highest BCUT2D eigenvalue weighted by atomic mass is 16.2. The Bertz CT molecular complexity index is 1010. The van der Waals surface area contributed by atoms with Crippen LogP contribution in [0.5, 0.6) is 0 Å². The maximum absolute atomic E-state index is 12.9. The fourth-order valence-electron chi connectivity index (χ4n) is 4.79. The first-order valence-corrected chi connectivity index (χ1v) is 9.57. The summed E-state index contributed by atoms with van der Waals surface area (Å²) in [6.07, 6.45) is 8.34. The molecular weight excluding hydrogens is 350 g/mol. The average Bonchev–Trinajstić information content (AvgIpc) is 3.41. The molecule has 0 N–H and O–H groups in total. The van der Waals surface area contributed by atoms with E-state index in [0.717, 1.165) is 12.0 Å². The van der Waals surface area contributed by atoms with Crippen LogP contribution < -0.4 is 4.90 Å². The lowest BCUT2D eigenvalue weighted by Crippen LogP contribution is -2.32. The van der Waals surface area contributed by atoms with Gasteiger partial charge in [-0.1, -0.05) is 60.7 Å². The molecule has 4 atom stereocenters. The van der Waals surface area contributed by atoms with Crippen molar-refractivity contribution in [1.82, 2.24) is 0 Å². The Morgan fingerprint density at radius 3 is 2.25 bits per heavy atom. The van der Waals surface area contributed by atoms with Crippen molar-refractivity contribution in [3.63, 3.8) is 0 Å². The molecule has 4 nitrogen and oxygen atoms in total. The SMILES string of the molecule is O=C(/C=C/c1cccc(N2C(=O)C3C4C=CC(C4)C3C2=O)c1)c1ccccc1. The van der Waals surface area contributed by atoms with Crippen LogP contribution in [0.4, 0.5) is 5.69 Å². The molecule has 2 bridgehead atoms. The van der Waals surface area contributed by atoms with Gasteiger partial charge >= 0.3 is 0 Å². The zero-order valence-corrected chi connectivity index (χ0v) is 15.2. The molecule has 2 aromatic carbocycles. The second kappa shape index (κ2) is 6.41. The first-order valence-electron chi connectivity index (χ1n) is 9.57. The zero-order valence-electron chi connectivity index (χ0n) is 15.2. The summed E-state index contributed by atoms with van der Waals surface area (Å²) in [5, 5.41) is 0. The van der Waals surface area contributed by atoms with Crippen LogP contribution in [0.3, 0.4) is 0 Å². The van der Waals surface area contributed by atoms with Crippen LogP contribution in [0.25, 0.3) is 6.08 Å². The van der Waals surface area contributed by atoms with Gasteiger partial charge in [-0.2, -0.15) is 0 Å². The van der Waals surface area contributed by atoms with E-state index in [0.29, 0.717) is 11.3 Å².